The van der Waals surface area contributed by atoms with Gasteiger partial charge in [-0.1, -0.05) is 13.8 Å². The average molecular weight is 452 g/mol. The number of methoxy groups -OCH3 is 2. The molecule has 2 aromatic heterocycles. The summed E-state index contributed by atoms with van der Waals surface area (Å²) in [6.07, 6.45) is 5.36. The summed E-state index contributed by atoms with van der Waals surface area (Å²) in [5.74, 6) is 1.97. The molecule has 0 bridgehead atoms. The SMILES string of the molecule is COC(=O)[C@@H](CC(C)C)Nc1nc(CCc2ccncc2)nc(Oc2ccc(OC)cc2)n1. The maximum absolute atomic E-state index is 12.3. The van der Waals surface area contributed by atoms with Gasteiger partial charge in [0.15, 0.2) is 0 Å². The summed E-state index contributed by atoms with van der Waals surface area (Å²) in [5, 5.41) is 3.10. The first kappa shape index (κ1) is 23.9. The molecule has 1 aromatic carbocycles. The third-order valence-corrected chi connectivity index (χ3v) is 4.81. The third-order valence-electron chi connectivity index (χ3n) is 4.81. The zero-order chi connectivity index (χ0) is 23.6. The molecule has 0 unspecified atom stereocenters. The van der Waals surface area contributed by atoms with Crippen LogP contribution in [0.3, 0.4) is 0 Å². The first-order valence-electron chi connectivity index (χ1n) is 10.8. The van der Waals surface area contributed by atoms with E-state index >= 15 is 0 Å². The lowest BCUT2D eigenvalue weighted by molar-refractivity contribution is -0.141. The van der Waals surface area contributed by atoms with Gasteiger partial charge in [-0.15, -0.1) is 0 Å². The summed E-state index contributed by atoms with van der Waals surface area (Å²) < 4.78 is 16.0. The Morgan fingerprint density at radius 2 is 1.64 bits per heavy atom. The quantitative estimate of drug-likeness (QED) is 0.435. The zero-order valence-electron chi connectivity index (χ0n) is 19.3. The molecule has 1 atom stereocenters. The number of carbonyl (C=O) groups is 1. The second-order valence-corrected chi connectivity index (χ2v) is 7.84. The van der Waals surface area contributed by atoms with E-state index in [1.807, 2.05) is 26.0 Å². The van der Waals surface area contributed by atoms with E-state index in [-0.39, 0.29) is 23.8 Å². The second-order valence-electron chi connectivity index (χ2n) is 7.84. The molecule has 1 N–H and O–H groups in total. The van der Waals surface area contributed by atoms with Crippen LogP contribution in [0.5, 0.6) is 17.5 Å². The smallest absolute Gasteiger partial charge is 0.328 e. The van der Waals surface area contributed by atoms with Crippen molar-refractivity contribution in [1.82, 2.24) is 19.9 Å². The number of aromatic nitrogens is 4. The monoisotopic (exact) mass is 451 g/mol. The molecule has 0 saturated heterocycles. The number of hydrogen-bond acceptors (Lipinski definition) is 9. The van der Waals surface area contributed by atoms with Crippen LogP contribution in [0, 0.1) is 5.92 Å². The van der Waals surface area contributed by atoms with Crippen LogP contribution in [0.4, 0.5) is 5.95 Å². The van der Waals surface area contributed by atoms with Crippen molar-refractivity contribution in [3.8, 4) is 17.5 Å². The lowest BCUT2D eigenvalue weighted by atomic mass is 10.0. The van der Waals surface area contributed by atoms with E-state index in [4.69, 9.17) is 14.2 Å². The highest BCUT2D eigenvalue weighted by molar-refractivity contribution is 5.78. The number of anilines is 1. The van der Waals surface area contributed by atoms with Crippen LogP contribution in [0.15, 0.2) is 48.8 Å². The van der Waals surface area contributed by atoms with Crippen LogP contribution in [-0.2, 0) is 22.4 Å². The molecule has 0 fully saturated rings. The molecule has 0 amide bonds. The number of hydrogen-bond donors (Lipinski definition) is 1. The van der Waals surface area contributed by atoms with Gasteiger partial charge in [0.1, 0.15) is 23.4 Å². The molecule has 2 heterocycles. The fourth-order valence-electron chi connectivity index (χ4n) is 3.16. The maximum Gasteiger partial charge on any atom is 0.328 e. The van der Waals surface area contributed by atoms with Crippen molar-refractivity contribution >= 4 is 11.9 Å². The Hall–Kier alpha value is -3.75. The molecule has 0 aliphatic rings. The van der Waals surface area contributed by atoms with Crippen LogP contribution in [-0.4, -0.2) is 46.2 Å². The second kappa shape index (κ2) is 11.8. The van der Waals surface area contributed by atoms with Crippen LogP contribution in [0.1, 0.15) is 31.7 Å². The number of benzene rings is 1. The van der Waals surface area contributed by atoms with Gasteiger partial charge in [0.2, 0.25) is 5.95 Å². The zero-order valence-corrected chi connectivity index (χ0v) is 19.3. The number of nitrogens with one attached hydrogen (secondary N) is 1. The molecule has 33 heavy (non-hydrogen) atoms. The number of rotatable bonds is 11. The number of carbonyl (C=O) groups excluding carboxylic acids is 1. The van der Waals surface area contributed by atoms with E-state index < -0.39 is 6.04 Å². The molecule has 3 rings (SSSR count). The molecule has 0 aliphatic carbocycles. The van der Waals surface area contributed by atoms with Gasteiger partial charge in [-0.2, -0.15) is 15.0 Å². The molecule has 0 aliphatic heterocycles. The minimum absolute atomic E-state index is 0.135. The molecule has 174 valence electrons. The standard InChI is InChI=1S/C24H29N5O4/c1-16(2)15-20(22(30)32-4)26-23-27-21(10-5-17-11-13-25-14-12-17)28-24(29-23)33-19-8-6-18(31-3)7-9-19/h6-9,11-14,16,20H,5,10,15H2,1-4H3,(H,26,27,28,29)/t20-/m1/s1. The fraction of sp³-hybridized carbons (Fsp3) is 0.375. The predicted molar refractivity (Wildman–Crippen MR) is 123 cm³/mol. The molecular weight excluding hydrogens is 422 g/mol. The number of nitrogens with zero attached hydrogens (tertiary/aromatic N) is 4. The van der Waals surface area contributed by atoms with Gasteiger partial charge < -0.3 is 19.5 Å². The normalized spacial score (nSPS) is 11.7. The Balaban J connectivity index is 1.85. The third kappa shape index (κ3) is 7.41. The lowest BCUT2D eigenvalue weighted by Crippen LogP contribution is -2.33. The summed E-state index contributed by atoms with van der Waals surface area (Å²) in [5.41, 5.74) is 1.12. The van der Waals surface area contributed by atoms with E-state index in [0.717, 1.165) is 12.0 Å². The number of ether oxygens (including phenoxy) is 3. The van der Waals surface area contributed by atoms with Crippen molar-refractivity contribution in [1.29, 1.82) is 0 Å². The topological polar surface area (TPSA) is 108 Å². The molecule has 9 nitrogen and oxygen atoms in total. The summed E-state index contributed by atoms with van der Waals surface area (Å²) in [6.45, 7) is 4.06. The minimum atomic E-state index is -0.584. The Morgan fingerprint density at radius 1 is 0.939 bits per heavy atom. The predicted octanol–water partition coefficient (Wildman–Crippen LogP) is 3.85. The molecule has 9 heteroatoms. The van der Waals surface area contributed by atoms with Crippen molar-refractivity contribution in [3.05, 3.63) is 60.2 Å². The van der Waals surface area contributed by atoms with E-state index in [9.17, 15) is 4.79 Å². The fourth-order valence-corrected chi connectivity index (χ4v) is 3.16. The van der Waals surface area contributed by atoms with Gasteiger partial charge >= 0.3 is 12.0 Å². The Kier molecular flexibility index (Phi) is 8.51. The molecule has 0 spiro atoms. The van der Waals surface area contributed by atoms with Crippen molar-refractivity contribution in [2.45, 2.75) is 39.2 Å². The van der Waals surface area contributed by atoms with Crippen molar-refractivity contribution < 1.29 is 19.0 Å². The van der Waals surface area contributed by atoms with Gasteiger partial charge in [-0.05, 0) is 60.7 Å². The van der Waals surface area contributed by atoms with Crippen LogP contribution >= 0.6 is 0 Å². The van der Waals surface area contributed by atoms with Crippen molar-refractivity contribution in [3.63, 3.8) is 0 Å². The Labute approximate surface area is 193 Å². The van der Waals surface area contributed by atoms with Crippen LogP contribution in [0.2, 0.25) is 0 Å². The number of pyridine rings is 1. The maximum atomic E-state index is 12.3. The molecule has 0 saturated carbocycles. The van der Waals surface area contributed by atoms with E-state index in [2.05, 4.69) is 25.3 Å². The minimum Gasteiger partial charge on any atom is -0.497 e. The Morgan fingerprint density at radius 3 is 2.27 bits per heavy atom. The molecular formula is C24H29N5O4. The van der Waals surface area contributed by atoms with Gasteiger partial charge in [0.05, 0.1) is 14.2 Å². The first-order chi connectivity index (χ1) is 16.0. The number of esters is 1. The largest absolute Gasteiger partial charge is 0.497 e. The van der Waals surface area contributed by atoms with Crippen molar-refractivity contribution in [2.24, 2.45) is 5.92 Å². The summed E-state index contributed by atoms with van der Waals surface area (Å²) in [6, 6.07) is 10.6. The van der Waals surface area contributed by atoms with Crippen LogP contribution < -0.4 is 14.8 Å². The van der Waals surface area contributed by atoms with Gasteiger partial charge in [0.25, 0.3) is 0 Å². The van der Waals surface area contributed by atoms with Gasteiger partial charge in [0, 0.05) is 18.8 Å². The number of aryl methyl sites for hydroxylation is 2. The van der Waals surface area contributed by atoms with Crippen LogP contribution in [0.25, 0.3) is 0 Å². The highest BCUT2D eigenvalue weighted by atomic mass is 16.5. The lowest BCUT2D eigenvalue weighted by Gasteiger charge is -2.18. The van der Waals surface area contributed by atoms with E-state index in [0.29, 0.717) is 30.2 Å². The van der Waals surface area contributed by atoms with Gasteiger partial charge in [-0.3, -0.25) is 4.98 Å². The molecule has 0 radical (unpaired) electrons. The van der Waals surface area contributed by atoms with Gasteiger partial charge in [-0.25, -0.2) is 4.79 Å². The first-order valence-corrected chi connectivity index (χ1v) is 10.8. The summed E-state index contributed by atoms with van der Waals surface area (Å²) in [7, 11) is 2.97. The average Bonchev–Trinajstić information content (AvgIpc) is 2.82. The summed E-state index contributed by atoms with van der Waals surface area (Å²) >= 11 is 0. The highest BCUT2D eigenvalue weighted by Gasteiger charge is 2.22. The van der Waals surface area contributed by atoms with Crippen molar-refractivity contribution in [2.75, 3.05) is 19.5 Å². The molecule has 3 aromatic rings. The van der Waals surface area contributed by atoms with E-state index in [1.165, 1.54) is 7.11 Å². The Bertz CT molecular complexity index is 1030. The van der Waals surface area contributed by atoms with E-state index in [1.54, 1.807) is 43.8 Å². The summed E-state index contributed by atoms with van der Waals surface area (Å²) in [4.78, 5) is 29.7. The highest BCUT2D eigenvalue weighted by Crippen LogP contribution is 2.23.